The van der Waals surface area contributed by atoms with E-state index in [-0.39, 0.29) is 18.9 Å². The van der Waals surface area contributed by atoms with Gasteiger partial charge in [0.15, 0.2) is 0 Å². The number of hydrogen-bond acceptors (Lipinski definition) is 4. The lowest BCUT2D eigenvalue weighted by atomic mass is 9.96. The molecule has 0 aliphatic heterocycles. The van der Waals surface area contributed by atoms with Crippen molar-refractivity contribution in [2.45, 2.75) is 59.2 Å². The number of hydrogen-bond donors (Lipinski definition) is 3. The van der Waals surface area contributed by atoms with Crippen LogP contribution in [0.25, 0.3) is 0 Å². The molecule has 2 rings (SSSR count). The standard InChI is InChI=1S/C25H32N2O5/c1-16(2)13-21(27-25(31)32-15-19-11-6-5-7-12-19)23(28)26-22(24(29)30)14-20-17(3)9-8-10-18(20)4/h5-12,16,21-22H,13-15H2,1-4H3,(H,26,28)(H,27,31)(H,29,30)/t21-,22-/m0/s1. The molecule has 2 amide bonds. The molecule has 0 radical (unpaired) electrons. The molecule has 0 fully saturated rings. The number of carboxylic acids is 1. The summed E-state index contributed by atoms with van der Waals surface area (Å²) in [5, 5.41) is 14.9. The van der Waals surface area contributed by atoms with E-state index in [4.69, 9.17) is 4.74 Å². The van der Waals surface area contributed by atoms with Crippen LogP contribution < -0.4 is 10.6 Å². The Bertz CT molecular complexity index is 907. The number of alkyl carbamates (subject to hydrolysis) is 1. The monoisotopic (exact) mass is 440 g/mol. The smallest absolute Gasteiger partial charge is 0.408 e. The molecule has 2 aromatic carbocycles. The van der Waals surface area contributed by atoms with Crippen LogP contribution in [0.15, 0.2) is 48.5 Å². The van der Waals surface area contributed by atoms with Crippen LogP contribution in [0.4, 0.5) is 4.79 Å². The number of rotatable bonds is 10. The maximum Gasteiger partial charge on any atom is 0.408 e. The maximum absolute atomic E-state index is 12.9. The van der Waals surface area contributed by atoms with Crippen LogP contribution in [0.1, 0.15) is 42.5 Å². The number of amides is 2. The molecule has 0 aromatic heterocycles. The summed E-state index contributed by atoms with van der Waals surface area (Å²) in [4.78, 5) is 37.1. The second kappa shape index (κ2) is 11.9. The Hall–Kier alpha value is -3.35. The SMILES string of the molecule is Cc1cccc(C)c1C[C@H](NC(=O)[C@H](CC(C)C)NC(=O)OCc1ccccc1)C(=O)O. The number of carboxylic acid groups (broad SMARTS) is 1. The molecule has 7 nitrogen and oxygen atoms in total. The minimum Gasteiger partial charge on any atom is -0.480 e. The number of carbonyl (C=O) groups excluding carboxylic acids is 2. The first kappa shape index (κ1) is 24.9. The Morgan fingerprint density at radius 2 is 1.53 bits per heavy atom. The molecule has 0 saturated heterocycles. The molecule has 0 aliphatic rings. The lowest BCUT2D eigenvalue weighted by Gasteiger charge is -2.23. The summed E-state index contributed by atoms with van der Waals surface area (Å²) in [5.41, 5.74) is 3.64. The van der Waals surface area contributed by atoms with Crippen LogP contribution in [0, 0.1) is 19.8 Å². The van der Waals surface area contributed by atoms with Crippen molar-refractivity contribution < 1.29 is 24.2 Å². The van der Waals surface area contributed by atoms with Crippen molar-refractivity contribution in [3.8, 4) is 0 Å². The minimum atomic E-state index is -1.13. The first-order valence-corrected chi connectivity index (χ1v) is 10.7. The van der Waals surface area contributed by atoms with Gasteiger partial charge >= 0.3 is 12.1 Å². The number of aliphatic carboxylic acids is 1. The molecule has 0 saturated carbocycles. The predicted octanol–water partition coefficient (Wildman–Crippen LogP) is 3.76. The van der Waals surface area contributed by atoms with E-state index in [0.717, 1.165) is 22.3 Å². The summed E-state index contributed by atoms with van der Waals surface area (Å²) in [6, 6.07) is 12.9. The van der Waals surface area contributed by atoms with Gasteiger partial charge in [0, 0.05) is 6.42 Å². The Labute approximate surface area is 189 Å². The molecule has 3 N–H and O–H groups in total. The fourth-order valence-electron chi connectivity index (χ4n) is 3.46. The average Bonchev–Trinajstić information content (AvgIpc) is 2.73. The van der Waals surface area contributed by atoms with Gasteiger partial charge in [0.2, 0.25) is 5.91 Å². The lowest BCUT2D eigenvalue weighted by molar-refractivity contribution is -0.142. The van der Waals surface area contributed by atoms with Crippen LogP contribution >= 0.6 is 0 Å². The maximum atomic E-state index is 12.9. The van der Waals surface area contributed by atoms with Gasteiger partial charge in [-0.15, -0.1) is 0 Å². The van der Waals surface area contributed by atoms with E-state index in [9.17, 15) is 19.5 Å². The van der Waals surface area contributed by atoms with Gasteiger partial charge in [-0.3, -0.25) is 4.79 Å². The normalized spacial score (nSPS) is 12.7. The molecule has 0 bridgehead atoms. The van der Waals surface area contributed by atoms with Crippen LogP contribution in [0.3, 0.4) is 0 Å². The second-order valence-electron chi connectivity index (χ2n) is 8.36. The Morgan fingerprint density at radius 3 is 2.09 bits per heavy atom. The van der Waals surface area contributed by atoms with Crippen LogP contribution in [-0.2, 0) is 27.4 Å². The fraction of sp³-hybridized carbons (Fsp3) is 0.400. The molecular formula is C25H32N2O5. The molecule has 7 heteroatoms. The van der Waals surface area contributed by atoms with E-state index < -0.39 is 30.1 Å². The van der Waals surface area contributed by atoms with Gasteiger partial charge in [-0.25, -0.2) is 9.59 Å². The number of carbonyl (C=O) groups is 3. The van der Waals surface area contributed by atoms with Crippen molar-refractivity contribution in [1.29, 1.82) is 0 Å². The zero-order chi connectivity index (χ0) is 23.7. The molecule has 0 heterocycles. The first-order chi connectivity index (χ1) is 15.2. The zero-order valence-electron chi connectivity index (χ0n) is 19.1. The fourth-order valence-corrected chi connectivity index (χ4v) is 3.46. The van der Waals surface area contributed by atoms with Crippen molar-refractivity contribution in [2.24, 2.45) is 5.92 Å². The molecule has 2 aromatic rings. The van der Waals surface area contributed by atoms with Gasteiger partial charge in [-0.05, 0) is 48.4 Å². The molecule has 2 atom stereocenters. The number of benzene rings is 2. The van der Waals surface area contributed by atoms with Gasteiger partial charge < -0.3 is 20.5 Å². The molecule has 0 aliphatic carbocycles. The summed E-state index contributed by atoms with van der Waals surface area (Å²) in [6.45, 7) is 7.74. The number of ether oxygens (including phenoxy) is 1. The van der Waals surface area contributed by atoms with Gasteiger partial charge in [0.25, 0.3) is 0 Å². The third kappa shape index (κ3) is 7.72. The van der Waals surface area contributed by atoms with E-state index >= 15 is 0 Å². The summed E-state index contributed by atoms with van der Waals surface area (Å²) < 4.78 is 5.22. The van der Waals surface area contributed by atoms with E-state index in [1.165, 1.54) is 0 Å². The van der Waals surface area contributed by atoms with Crippen molar-refractivity contribution in [3.63, 3.8) is 0 Å². The Kier molecular flexibility index (Phi) is 9.25. The summed E-state index contributed by atoms with van der Waals surface area (Å²) in [7, 11) is 0. The van der Waals surface area contributed by atoms with Gasteiger partial charge in [0.1, 0.15) is 18.7 Å². The quantitative estimate of drug-likeness (QED) is 0.522. The van der Waals surface area contributed by atoms with Gasteiger partial charge in [0.05, 0.1) is 0 Å². The average molecular weight is 441 g/mol. The highest BCUT2D eigenvalue weighted by atomic mass is 16.5. The highest BCUT2D eigenvalue weighted by Gasteiger charge is 2.28. The number of nitrogens with one attached hydrogen (secondary N) is 2. The van der Waals surface area contributed by atoms with E-state index in [1.54, 1.807) is 0 Å². The summed E-state index contributed by atoms with van der Waals surface area (Å²) in [5.74, 6) is -1.58. The van der Waals surface area contributed by atoms with Crippen molar-refractivity contribution in [1.82, 2.24) is 10.6 Å². The van der Waals surface area contributed by atoms with Crippen molar-refractivity contribution in [3.05, 3.63) is 70.8 Å². The van der Waals surface area contributed by atoms with E-state index in [0.29, 0.717) is 6.42 Å². The third-order valence-electron chi connectivity index (χ3n) is 5.20. The second-order valence-corrected chi connectivity index (χ2v) is 8.36. The van der Waals surface area contributed by atoms with Crippen molar-refractivity contribution in [2.75, 3.05) is 0 Å². The highest BCUT2D eigenvalue weighted by molar-refractivity contribution is 5.89. The Morgan fingerprint density at radius 1 is 0.906 bits per heavy atom. The van der Waals surface area contributed by atoms with Crippen molar-refractivity contribution >= 4 is 18.0 Å². The van der Waals surface area contributed by atoms with Crippen LogP contribution in [0.5, 0.6) is 0 Å². The predicted molar refractivity (Wildman–Crippen MR) is 122 cm³/mol. The molecule has 172 valence electrons. The largest absolute Gasteiger partial charge is 0.480 e. The van der Waals surface area contributed by atoms with E-state index in [1.807, 2.05) is 76.2 Å². The van der Waals surface area contributed by atoms with E-state index in [2.05, 4.69) is 10.6 Å². The summed E-state index contributed by atoms with van der Waals surface area (Å²) >= 11 is 0. The van der Waals surface area contributed by atoms with Gasteiger partial charge in [-0.1, -0.05) is 62.4 Å². The van der Waals surface area contributed by atoms with Gasteiger partial charge in [-0.2, -0.15) is 0 Å². The Balaban J connectivity index is 2.05. The van der Waals surface area contributed by atoms with Crippen LogP contribution in [-0.4, -0.2) is 35.2 Å². The third-order valence-corrected chi connectivity index (χ3v) is 5.20. The topological polar surface area (TPSA) is 105 Å². The molecule has 32 heavy (non-hydrogen) atoms. The minimum absolute atomic E-state index is 0.0764. The van der Waals surface area contributed by atoms with Crippen LogP contribution in [0.2, 0.25) is 0 Å². The number of aryl methyl sites for hydroxylation is 2. The molecule has 0 spiro atoms. The first-order valence-electron chi connectivity index (χ1n) is 10.7. The molecule has 0 unspecified atom stereocenters. The summed E-state index contributed by atoms with van der Waals surface area (Å²) in [6.07, 6.45) is -0.217. The zero-order valence-corrected chi connectivity index (χ0v) is 19.1. The molecular weight excluding hydrogens is 408 g/mol. The lowest BCUT2D eigenvalue weighted by Crippen LogP contribution is -2.52. The highest BCUT2D eigenvalue weighted by Crippen LogP contribution is 2.16.